The van der Waals surface area contributed by atoms with Crippen molar-refractivity contribution in [2.24, 2.45) is 17.8 Å². The first-order valence-corrected chi connectivity index (χ1v) is 11.0. The lowest BCUT2D eigenvalue weighted by molar-refractivity contribution is -0.137. The van der Waals surface area contributed by atoms with Crippen LogP contribution in [0.1, 0.15) is 97.8 Å². The minimum Gasteiger partial charge on any atom is -0.481 e. The molecule has 0 rings (SSSR count). The molecule has 0 fully saturated rings. The molecular weight excluding hydrogens is 322 g/mol. The number of carboxylic acid groups (broad SMARTS) is 1. The molecule has 3 heteroatoms. The molecule has 0 aliphatic rings. The lowest BCUT2D eigenvalue weighted by Gasteiger charge is -2.23. The van der Waals surface area contributed by atoms with E-state index in [-0.39, 0.29) is 0 Å². The summed E-state index contributed by atoms with van der Waals surface area (Å²) in [4.78, 5) is 10.8. The van der Waals surface area contributed by atoms with Crippen LogP contribution in [-0.4, -0.2) is 24.7 Å². The summed E-state index contributed by atoms with van der Waals surface area (Å²) in [5, 5.41) is 12.2. The van der Waals surface area contributed by atoms with Gasteiger partial charge >= 0.3 is 5.97 Å². The average molecular weight is 368 g/mol. The number of nitrogens with one attached hydrogen (secondary N) is 1. The van der Waals surface area contributed by atoms with Gasteiger partial charge in [0.25, 0.3) is 0 Å². The highest BCUT2D eigenvalue weighted by Crippen LogP contribution is 2.26. The monoisotopic (exact) mass is 367 g/mol. The van der Waals surface area contributed by atoms with Gasteiger partial charge in [0, 0.05) is 6.42 Å². The van der Waals surface area contributed by atoms with E-state index in [2.05, 4.69) is 38.2 Å². The third-order valence-corrected chi connectivity index (χ3v) is 5.18. The molecule has 3 nitrogen and oxygen atoms in total. The number of hydrogen-bond acceptors (Lipinski definition) is 2. The predicted molar refractivity (Wildman–Crippen MR) is 114 cm³/mol. The first-order valence-electron chi connectivity index (χ1n) is 11.0. The van der Waals surface area contributed by atoms with Gasteiger partial charge in [-0.05, 0) is 76.3 Å². The molecule has 0 bridgehead atoms. The number of unbranched alkanes of at least 4 members (excludes halogenated alkanes) is 4. The number of allylic oxidation sites excluding steroid dienone is 2. The van der Waals surface area contributed by atoms with E-state index in [0.717, 1.165) is 31.2 Å². The summed E-state index contributed by atoms with van der Waals surface area (Å²) in [6.07, 6.45) is 18.4. The summed E-state index contributed by atoms with van der Waals surface area (Å²) < 4.78 is 0. The summed E-state index contributed by atoms with van der Waals surface area (Å²) in [6.45, 7) is 7.86. The molecular formula is C23H45NO2. The zero-order valence-corrected chi connectivity index (χ0v) is 17.9. The van der Waals surface area contributed by atoms with E-state index in [0.29, 0.717) is 12.3 Å². The maximum atomic E-state index is 10.8. The van der Waals surface area contributed by atoms with E-state index in [9.17, 15) is 4.79 Å². The molecule has 0 spiro atoms. The normalized spacial score (nSPS) is 14.2. The molecule has 154 valence electrons. The molecule has 26 heavy (non-hydrogen) atoms. The van der Waals surface area contributed by atoms with E-state index in [1.54, 1.807) is 0 Å². The van der Waals surface area contributed by atoms with Crippen LogP contribution in [0.15, 0.2) is 12.2 Å². The van der Waals surface area contributed by atoms with Crippen LogP contribution >= 0.6 is 0 Å². The van der Waals surface area contributed by atoms with E-state index < -0.39 is 5.97 Å². The minimum absolute atomic E-state index is 0.300. The fourth-order valence-electron chi connectivity index (χ4n) is 3.60. The first kappa shape index (κ1) is 25.2. The number of carboxylic acids is 1. The fraction of sp³-hybridized carbons (Fsp3) is 0.870. The minimum atomic E-state index is -0.671. The molecule has 0 saturated carbocycles. The third kappa shape index (κ3) is 16.6. The Hall–Kier alpha value is -0.830. The van der Waals surface area contributed by atoms with Crippen molar-refractivity contribution < 1.29 is 9.90 Å². The quantitative estimate of drug-likeness (QED) is 0.216. The zero-order valence-electron chi connectivity index (χ0n) is 17.9. The van der Waals surface area contributed by atoms with Crippen LogP contribution in [0.4, 0.5) is 0 Å². The van der Waals surface area contributed by atoms with Gasteiger partial charge in [-0.15, -0.1) is 0 Å². The van der Waals surface area contributed by atoms with Gasteiger partial charge in [-0.25, -0.2) is 0 Å². The van der Waals surface area contributed by atoms with Crippen molar-refractivity contribution >= 4 is 5.97 Å². The van der Waals surface area contributed by atoms with Crippen molar-refractivity contribution in [3.63, 3.8) is 0 Å². The molecule has 2 unspecified atom stereocenters. The maximum absolute atomic E-state index is 10.8. The van der Waals surface area contributed by atoms with Crippen molar-refractivity contribution in [2.75, 3.05) is 13.6 Å². The highest BCUT2D eigenvalue weighted by molar-refractivity contribution is 5.66. The largest absolute Gasteiger partial charge is 0.481 e. The molecule has 0 aromatic rings. The van der Waals surface area contributed by atoms with Crippen LogP contribution in [0.25, 0.3) is 0 Å². The van der Waals surface area contributed by atoms with Crippen LogP contribution in [-0.2, 0) is 4.79 Å². The van der Waals surface area contributed by atoms with Crippen molar-refractivity contribution in [2.45, 2.75) is 97.8 Å². The molecule has 2 atom stereocenters. The zero-order chi connectivity index (χ0) is 19.6. The second kappa shape index (κ2) is 17.6. The van der Waals surface area contributed by atoms with Crippen molar-refractivity contribution in [3.05, 3.63) is 12.2 Å². The molecule has 0 aromatic heterocycles. The second-order valence-corrected chi connectivity index (χ2v) is 8.34. The van der Waals surface area contributed by atoms with E-state index >= 15 is 0 Å². The summed E-state index contributed by atoms with van der Waals surface area (Å²) in [7, 11) is 2.00. The Morgan fingerprint density at radius 2 is 1.77 bits per heavy atom. The Kier molecular flexibility index (Phi) is 17.0. The van der Waals surface area contributed by atoms with Gasteiger partial charge in [0.15, 0.2) is 0 Å². The molecule has 0 aromatic carbocycles. The summed E-state index contributed by atoms with van der Waals surface area (Å²) in [6, 6.07) is 0. The van der Waals surface area contributed by atoms with Crippen molar-refractivity contribution in [1.29, 1.82) is 0 Å². The lowest BCUT2D eigenvalue weighted by atomic mass is 9.84. The number of aliphatic carboxylic acids is 1. The Bertz CT molecular complexity index is 352. The van der Waals surface area contributed by atoms with Crippen LogP contribution in [0, 0.1) is 17.8 Å². The van der Waals surface area contributed by atoms with Crippen LogP contribution in [0.5, 0.6) is 0 Å². The molecule has 0 aliphatic carbocycles. The van der Waals surface area contributed by atoms with E-state index in [1.807, 2.05) is 7.05 Å². The van der Waals surface area contributed by atoms with Gasteiger partial charge < -0.3 is 10.4 Å². The van der Waals surface area contributed by atoms with Gasteiger partial charge in [0.2, 0.25) is 0 Å². The van der Waals surface area contributed by atoms with Crippen LogP contribution < -0.4 is 5.32 Å². The second-order valence-electron chi connectivity index (χ2n) is 8.34. The van der Waals surface area contributed by atoms with Crippen LogP contribution in [0.3, 0.4) is 0 Å². The first-order chi connectivity index (χ1) is 12.5. The number of carbonyl (C=O) groups is 1. The molecule has 0 amide bonds. The molecule has 0 aliphatic heterocycles. The van der Waals surface area contributed by atoms with Crippen molar-refractivity contribution in [1.82, 2.24) is 5.32 Å². The highest BCUT2D eigenvalue weighted by Gasteiger charge is 2.16. The average Bonchev–Trinajstić information content (AvgIpc) is 2.58. The van der Waals surface area contributed by atoms with E-state index in [1.165, 1.54) is 57.8 Å². The Balaban J connectivity index is 4.41. The number of hydrogen-bond donors (Lipinski definition) is 2. The van der Waals surface area contributed by atoms with Gasteiger partial charge in [-0.3, -0.25) is 4.79 Å². The van der Waals surface area contributed by atoms with Crippen molar-refractivity contribution in [3.8, 4) is 0 Å². The van der Waals surface area contributed by atoms with E-state index in [4.69, 9.17) is 5.11 Å². The van der Waals surface area contributed by atoms with Gasteiger partial charge in [0.05, 0.1) is 0 Å². The molecule has 0 radical (unpaired) electrons. The molecule has 0 heterocycles. The summed E-state index contributed by atoms with van der Waals surface area (Å²) >= 11 is 0. The van der Waals surface area contributed by atoms with Gasteiger partial charge in [-0.2, -0.15) is 0 Å². The molecule has 2 N–H and O–H groups in total. The molecule has 0 saturated heterocycles. The summed E-state index contributed by atoms with van der Waals surface area (Å²) in [5.41, 5.74) is 0. The highest BCUT2D eigenvalue weighted by atomic mass is 16.4. The standard InChI is InChI=1S/C23H45NO2/c1-5-6-7-8-9-10-11-13-21(17-16-20(2)3)18-22(19-24-4)14-12-15-23(25)26/h10-11,20-22,24H,5-9,12-19H2,1-4H3,(H,25,26). The van der Waals surface area contributed by atoms with Gasteiger partial charge in [-0.1, -0.05) is 58.6 Å². The number of rotatable bonds is 18. The fourth-order valence-corrected chi connectivity index (χ4v) is 3.60. The lowest BCUT2D eigenvalue weighted by Crippen LogP contribution is -2.22. The SMILES string of the molecule is CCCCCCC=CCC(CCC(C)C)CC(CCCC(=O)O)CNC. The maximum Gasteiger partial charge on any atom is 0.303 e. The smallest absolute Gasteiger partial charge is 0.303 e. The predicted octanol–water partition coefficient (Wildman–Crippen LogP) is 6.44. The Morgan fingerprint density at radius 1 is 1.00 bits per heavy atom. The Labute approximate surface area is 163 Å². The topological polar surface area (TPSA) is 49.3 Å². The van der Waals surface area contributed by atoms with Crippen LogP contribution in [0.2, 0.25) is 0 Å². The summed E-state index contributed by atoms with van der Waals surface area (Å²) in [5.74, 6) is 1.41. The Morgan fingerprint density at radius 3 is 2.38 bits per heavy atom. The third-order valence-electron chi connectivity index (χ3n) is 5.18. The van der Waals surface area contributed by atoms with Gasteiger partial charge in [0.1, 0.15) is 0 Å².